The van der Waals surface area contributed by atoms with Gasteiger partial charge < -0.3 is 14.8 Å². The third-order valence-corrected chi connectivity index (χ3v) is 8.95. The molecule has 4 aromatic rings. The van der Waals surface area contributed by atoms with Crippen molar-refractivity contribution >= 4 is 63.3 Å². The van der Waals surface area contributed by atoms with E-state index in [0.29, 0.717) is 44.3 Å². The molecule has 0 fully saturated rings. The van der Waals surface area contributed by atoms with Gasteiger partial charge in [-0.1, -0.05) is 50.0 Å². The van der Waals surface area contributed by atoms with Gasteiger partial charge in [0.1, 0.15) is 16.5 Å². The molecule has 2 heterocycles. The summed E-state index contributed by atoms with van der Waals surface area (Å²) in [6, 6.07) is 15.2. The van der Waals surface area contributed by atoms with E-state index in [9.17, 15) is 14.7 Å². The molecule has 0 saturated carbocycles. The Hall–Kier alpha value is -3.39. The number of carboxylic acids is 1. The summed E-state index contributed by atoms with van der Waals surface area (Å²) in [6.07, 6.45) is 4.36. The van der Waals surface area contributed by atoms with Crippen molar-refractivity contribution in [2.75, 3.05) is 5.32 Å². The maximum Gasteiger partial charge on any atom is 0.337 e. The zero-order chi connectivity index (χ0) is 28.6. The van der Waals surface area contributed by atoms with Gasteiger partial charge >= 0.3 is 5.97 Å². The van der Waals surface area contributed by atoms with Crippen LogP contribution in [-0.2, 0) is 12.8 Å². The fourth-order valence-electron chi connectivity index (χ4n) is 4.90. The number of furan rings is 1. The second kappa shape index (κ2) is 11.2. The maximum absolute atomic E-state index is 13.6. The Bertz CT molecular complexity index is 1610. The predicted octanol–water partition coefficient (Wildman–Crippen LogP) is 9.17. The summed E-state index contributed by atoms with van der Waals surface area (Å²) in [5, 5.41) is 13.6. The van der Waals surface area contributed by atoms with Crippen molar-refractivity contribution in [1.82, 2.24) is 0 Å². The number of benzene rings is 2. The van der Waals surface area contributed by atoms with Crippen molar-refractivity contribution in [2.24, 2.45) is 16.3 Å². The number of rotatable bonds is 6. The molecule has 0 bridgehead atoms. The summed E-state index contributed by atoms with van der Waals surface area (Å²) in [5.74, 6) is 0.257. The quantitative estimate of drug-likeness (QED) is 0.218. The average Bonchev–Trinajstić information content (AvgIpc) is 3.52. The van der Waals surface area contributed by atoms with Crippen LogP contribution in [-0.4, -0.2) is 23.2 Å². The number of anilines is 1. The molecule has 0 spiro atoms. The van der Waals surface area contributed by atoms with E-state index in [-0.39, 0.29) is 21.9 Å². The highest BCUT2D eigenvalue weighted by Gasteiger charge is 2.33. The number of nitrogens with one attached hydrogen (secondary N) is 1. The van der Waals surface area contributed by atoms with Crippen LogP contribution < -0.4 is 5.32 Å². The lowest BCUT2D eigenvalue weighted by atomic mass is 9.72. The van der Waals surface area contributed by atoms with Gasteiger partial charge in [0.25, 0.3) is 5.91 Å². The number of hydrogen-bond acceptors (Lipinski definition) is 5. The number of halogens is 2. The van der Waals surface area contributed by atoms with Crippen LogP contribution in [0.5, 0.6) is 0 Å². The van der Waals surface area contributed by atoms with Crippen LogP contribution in [0.2, 0.25) is 10.0 Å². The summed E-state index contributed by atoms with van der Waals surface area (Å²) in [6.45, 7) is 6.79. The van der Waals surface area contributed by atoms with Crippen molar-refractivity contribution in [3.05, 3.63) is 92.0 Å². The molecule has 9 heteroatoms. The molecule has 206 valence electrons. The Labute approximate surface area is 246 Å². The van der Waals surface area contributed by atoms with Gasteiger partial charge in [-0.05, 0) is 84.7 Å². The molecule has 40 heavy (non-hydrogen) atoms. The van der Waals surface area contributed by atoms with E-state index in [4.69, 9.17) is 32.6 Å². The van der Waals surface area contributed by atoms with Gasteiger partial charge in [0.15, 0.2) is 0 Å². The summed E-state index contributed by atoms with van der Waals surface area (Å²) >= 11 is 13.7. The first kappa shape index (κ1) is 28.1. The fraction of sp³-hybridized carbons (Fsp3) is 0.258. The number of aromatic carboxylic acids is 1. The second-order valence-electron chi connectivity index (χ2n) is 10.9. The van der Waals surface area contributed by atoms with Gasteiger partial charge in [-0.2, -0.15) is 0 Å². The Morgan fingerprint density at radius 3 is 2.52 bits per heavy atom. The molecule has 1 amide bonds. The van der Waals surface area contributed by atoms with Gasteiger partial charge in [0, 0.05) is 21.2 Å². The van der Waals surface area contributed by atoms with Crippen LogP contribution in [0.25, 0.3) is 11.3 Å². The number of carbonyl (C=O) groups excluding carboxylic acids is 1. The van der Waals surface area contributed by atoms with Crippen molar-refractivity contribution in [2.45, 2.75) is 40.0 Å². The minimum absolute atomic E-state index is 0.0264. The first-order valence-electron chi connectivity index (χ1n) is 12.9. The largest absolute Gasteiger partial charge is 0.478 e. The first-order chi connectivity index (χ1) is 19.0. The summed E-state index contributed by atoms with van der Waals surface area (Å²) in [7, 11) is 0. The van der Waals surface area contributed by atoms with Gasteiger partial charge in [-0.15, -0.1) is 11.3 Å². The summed E-state index contributed by atoms with van der Waals surface area (Å²) < 4.78 is 5.95. The second-order valence-corrected chi connectivity index (χ2v) is 12.8. The highest BCUT2D eigenvalue weighted by atomic mass is 35.5. The smallest absolute Gasteiger partial charge is 0.337 e. The van der Waals surface area contributed by atoms with Crippen LogP contribution >= 0.6 is 34.5 Å². The number of carbonyl (C=O) groups is 2. The van der Waals surface area contributed by atoms with Crippen LogP contribution in [0.4, 0.5) is 10.7 Å². The molecule has 0 radical (unpaired) electrons. The van der Waals surface area contributed by atoms with Crippen molar-refractivity contribution < 1.29 is 19.1 Å². The molecule has 1 aliphatic rings. The van der Waals surface area contributed by atoms with Gasteiger partial charge in [0.2, 0.25) is 0 Å². The lowest BCUT2D eigenvalue weighted by molar-refractivity contribution is 0.0697. The number of carboxylic acid groups (broad SMARTS) is 1. The highest BCUT2D eigenvalue weighted by Crippen LogP contribution is 2.45. The minimum Gasteiger partial charge on any atom is -0.478 e. The van der Waals surface area contributed by atoms with E-state index in [0.717, 1.165) is 24.8 Å². The number of thiophene rings is 1. The monoisotopic (exact) mass is 594 g/mol. The summed E-state index contributed by atoms with van der Waals surface area (Å²) in [4.78, 5) is 30.7. The van der Waals surface area contributed by atoms with Crippen molar-refractivity contribution in [3.63, 3.8) is 0 Å². The molecule has 2 aromatic heterocycles. The highest BCUT2D eigenvalue weighted by molar-refractivity contribution is 7.16. The molecule has 5 rings (SSSR count). The van der Waals surface area contributed by atoms with Gasteiger partial charge in [-0.25, -0.2) is 9.79 Å². The molecular formula is C31H28Cl2N2O4S. The van der Waals surface area contributed by atoms with E-state index >= 15 is 0 Å². The number of amides is 1. The topological polar surface area (TPSA) is 91.9 Å². The van der Waals surface area contributed by atoms with E-state index in [1.54, 1.807) is 66.1 Å². The van der Waals surface area contributed by atoms with Crippen LogP contribution in [0.1, 0.15) is 64.1 Å². The average molecular weight is 596 g/mol. The summed E-state index contributed by atoms with van der Waals surface area (Å²) in [5.41, 5.74) is 3.18. The zero-order valence-electron chi connectivity index (χ0n) is 22.3. The molecule has 1 atom stereocenters. The van der Waals surface area contributed by atoms with E-state index in [1.807, 2.05) is 0 Å². The third kappa shape index (κ3) is 6.02. The molecule has 1 aliphatic carbocycles. The molecule has 2 aromatic carbocycles. The molecule has 0 saturated heterocycles. The molecule has 2 N–H and O–H groups in total. The van der Waals surface area contributed by atoms with Crippen LogP contribution in [0.15, 0.2) is 64.0 Å². The van der Waals surface area contributed by atoms with Crippen LogP contribution in [0.3, 0.4) is 0 Å². The fourth-order valence-corrected chi connectivity index (χ4v) is 6.56. The standard InChI is InChI=1S/C31H28Cl2N2O4S/c1-31(2,3)18-5-12-23-26(15-18)40-29(27(23)28(36)35-20-8-6-19(32)7-9-20)34-16-21-10-13-25(39-21)17-4-11-22(30(37)38)24(33)14-17/h4,6-11,13-14,16,18H,5,12,15H2,1-3H3,(H,35,36)(H,37,38)/t18-/m1/s1. The van der Waals surface area contributed by atoms with Gasteiger partial charge in [0.05, 0.1) is 22.4 Å². The van der Waals surface area contributed by atoms with Crippen molar-refractivity contribution in [1.29, 1.82) is 0 Å². The van der Waals surface area contributed by atoms with E-state index < -0.39 is 5.97 Å². The Balaban J connectivity index is 1.45. The first-order valence-corrected chi connectivity index (χ1v) is 14.5. The zero-order valence-corrected chi connectivity index (χ0v) is 24.6. The Morgan fingerprint density at radius 2 is 1.85 bits per heavy atom. The SMILES string of the molecule is CC(C)(C)[C@@H]1CCc2c(sc(N=Cc3ccc(-c4ccc(C(=O)O)c(Cl)c4)o3)c2C(=O)Nc2ccc(Cl)cc2)C1. The number of hydrogen-bond donors (Lipinski definition) is 2. The molecule has 0 aliphatic heterocycles. The van der Waals surface area contributed by atoms with Crippen molar-refractivity contribution in [3.8, 4) is 11.3 Å². The minimum atomic E-state index is -1.09. The number of fused-ring (bicyclic) bond motifs is 1. The van der Waals surface area contributed by atoms with E-state index in [1.165, 1.54) is 10.9 Å². The van der Waals surface area contributed by atoms with Gasteiger partial charge in [-0.3, -0.25) is 4.79 Å². The van der Waals surface area contributed by atoms with Crippen LogP contribution in [0, 0.1) is 11.3 Å². The molecule has 6 nitrogen and oxygen atoms in total. The maximum atomic E-state index is 13.6. The lowest BCUT2D eigenvalue weighted by Gasteiger charge is -2.33. The number of nitrogens with zero attached hydrogens (tertiary/aromatic N) is 1. The third-order valence-electron chi connectivity index (χ3n) is 7.22. The number of aliphatic imine (C=N–C) groups is 1. The Kier molecular flexibility index (Phi) is 7.91. The van der Waals surface area contributed by atoms with E-state index in [2.05, 4.69) is 26.1 Å². The predicted molar refractivity (Wildman–Crippen MR) is 162 cm³/mol. The molecule has 0 unspecified atom stereocenters. The normalized spacial score (nSPS) is 15.3. The lowest BCUT2D eigenvalue weighted by Crippen LogP contribution is -2.27. The Morgan fingerprint density at radius 1 is 1.10 bits per heavy atom. The molecular weight excluding hydrogens is 567 g/mol.